The molecule has 1 fully saturated rings. The maximum Gasteiger partial charge on any atom is 0.259 e. The third-order valence-corrected chi connectivity index (χ3v) is 4.43. The molecule has 0 radical (unpaired) electrons. The molecule has 2 rings (SSSR count). The molecule has 1 aromatic rings. The van der Waals surface area contributed by atoms with Gasteiger partial charge in [-0.15, -0.1) is 0 Å². The maximum absolute atomic E-state index is 12.4. The summed E-state index contributed by atoms with van der Waals surface area (Å²) in [5.41, 5.74) is 1.77. The summed E-state index contributed by atoms with van der Waals surface area (Å²) in [4.78, 5) is 27.6. The van der Waals surface area contributed by atoms with Crippen LogP contribution in [-0.4, -0.2) is 62.0 Å². The Kier molecular flexibility index (Phi) is 6.67. The van der Waals surface area contributed by atoms with Gasteiger partial charge in [0.25, 0.3) is 5.91 Å². The lowest BCUT2D eigenvalue weighted by Gasteiger charge is -2.31. The molecule has 1 aliphatic rings. The van der Waals surface area contributed by atoms with Gasteiger partial charge in [-0.05, 0) is 43.4 Å². The Morgan fingerprint density at radius 2 is 2.12 bits per heavy atom. The van der Waals surface area contributed by atoms with Crippen molar-refractivity contribution in [2.24, 2.45) is 5.92 Å². The lowest BCUT2D eigenvalue weighted by atomic mass is 10.0. The SMILES string of the molecule is Cc1ccc(NCC(=O)N2CCCC(C)C2)c(OCC(=O)N(C)C)c1. The summed E-state index contributed by atoms with van der Waals surface area (Å²) in [6, 6.07) is 5.71. The molecule has 2 amide bonds. The fraction of sp³-hybridized carbons (Fsp3) is 0.579. The summed E-state index contributed by atoms with van der Waals surface area (Å²) in [6.45, 7) is 6.01. The number of benzene rings is 1. The number of likely N-dealkylation sites (tertiary alicyclic amines) is 1. The van der Waals surface area contributed by atoms with E-state index in [1.165, 1.54) is 11.3 Å². The summed E-state index contributed by atoms with van der Waals surface area (Å²) in [6.07, 6.45) is 2.26. The van der Waals surface area contributed by atoms with E-state index in [0.29, 0.717) is 11.7 Å². The molecule has 1 heterocycles. The summed E-state index contributed by atoms with van der Waals surface area (Å²) >= 11 is 0. The van der Waals surface area contributed by atoms with Crippen LogP contribution < -0.4 is 10.1 Å². The highest BCUT2D eigenvalue weighted by molar-refractivity contribution is 5.82. The lowest BCUT2D eigenvalue weighted by Crippen LogP contribution is -2.42. The van der Waals surface area contributed by atoms with Gasteiger partial charge in [-0.2, -0.15) is 0 Å². The average molecular weight is 347 g/mol. The van der Waals surface area contributed by atoms with Gasteiger partial charge in [0.1, 0.15) is 5.75 Å². The quantitative estimate of drug-likeness (QED) is 0.856. The van der Waals surface area contributed by atoms with E-state index in [1.54, 1.807) is 14.1 Å². The number of carbonyl (C=O) groups excluding carboxylic acids is 2. The molecule has 6 heteroatoms. The predicted molar refractivity (Wildman–Crippen MR) is 98.8 cm³/mol. The van der Waals surface area contributed by atoms with Crippen molar-refractivity contribution in [1.82, 2.24) is 9.80 Å². The normalized spacial score (nSPS) is 17.1. The van der Waals surface area contributed by atoms with Crippen LogP contribution in [0.5, 0.6) is 5.75 Å². The average Bonchev–Trinajstić information content (AvgIpc) is 2.58. The van der Waals surface area contributed by atoms with E-state index in [1.807, 2.05) is 30.0 Å². The molecule has 0 saturated carbocycles. The van der Waals surface area contributed by atoms with Crippen LogP contribution in [0.3, 0.4) is 0 Å². The molecule has 138 valence electrons. The molecule has 0 spiro atoms. The molecule has 1 unspecified atom stereocenters. The summed E-state index contributed by atoms with van der Waals surface area (Å²) in [5, 5.41) is 3.16. The molecule has 1 aliphatic heterocycles. The molecule has 1 atom stereocenters. The lowest BCUT2D eigenvalue weighted by molar-refractivity contribution is -0.131. The van der Waals surface area contributed by atoms with Crippen molar-refractivity contribution in [3.05, 3.63) is 23.8 Å². The first kappa shape index (κ1) is 19.1. The van der Waals surface area contributed by atoms with E-state index in [0.717, 1.165) is 30.8 Å². The molecular weight excluding hydrogens is 318 g/mol. The summed E-state index contributed by atoms with van der Waals surface area (Å²) < 4.78 is 5.66. The highest BCUT2D eigenvalue weighted by atomic mass is 16.5. The standard InChI is InChI=1S/C19H29N3O3/c1-14-7-8-16(17(10-14)25-13-19(24)21(3)4)20-11-18(23)22-9-5-6-15(2)12-22/h7-8,10,15,20H,5-6,9,11-13H2,1-4H3. The van der Waals surface area contributed by atoms with Gasteiger partial charge >= 0.3 is 0 Å². The van der Waals surface area contributed by atoms with E-state index in [-0.39, 0.29) is 25.0 Å². The fourth-order valence-corrected chi connectivity index (χ4v) is 2.86. The number of likely N-dealkylation sites (N-methyl/N-ethyl adjacent to an activating group) is 1. The zero-order valence-corrected chi connectivity index (χ0v) is 15.7. The third-order valence-electron chi connectivity index (χ3n) is 4.43. The second kappa shape index (κ2) is 8.74. The fourth-order valence-electron chi connectivity index (χ4n) is 2.86. The van der Waals surface area contributed by atoms with Crippen molar-refractivity contribution in [2.75, 3.05) is 45.7 Å². The van der Waals surface area contributed by atoms with Gasteiger partial charge < -0.3 is 19.9 Å². The molecule has 6 nitrogen and oxygen atoms in total. The highest BCUT2D eigenvalue weighted by Crippen LogP contribution is 2.26. The van der Waals surface area contributed by atoms with Gasteiger partial charge in [-0.1, -0.05) is 13.0 Å². The Bertz CT molecular complexity index is 616. The number of rotatable bonds is 6. The van der Waals surface area contributed by atoms with Crippen molar-refractivity contribution in [2.45, 2.75) is 26.7 Å². The van der Waals surface area contributed by atoms with E-state index < -0.39 is 0 Å². The van der Waals surface area contributed by atoms with Gasteiger partial charge in [-0.3, -0.25) is 9.59 Å². The number of amides is 2. The second-order valence-corrected chi connectivity index (χ2v) is 7.02. The van der Waals surface area contributed by atoms with Crippen LogP contribution in [0.15, 0.2) is 18.2 Å². The Morgan fingerprint density at radius 3 is 2.80 bits per heavy atom. The first-order valence-corrected chi connectivity index (χ1v) is 8.82. The van der Waals surface area contributed by atoms with Gasteiger partial charge in [0.05, 0.1) is 12.2 Å². The number of ether oxygens (including phenoxy) is 1. The van der Waals surface area contributed by atoms with Crippen LogP contribution in [0.2, 0.25) is 0 Å². The maximum atomic E-state index is 12.4. The Balaban J connectivity index is 1.96. The minimum atomic E-state index is -0.106. The minimum absolute atomic E-state index is 0.0251. The smallest absolute Gasteiger partial charge is 0.259 e. The molecule has 25 heavy (non-hydrogen) atoms. The van der Waals surface area contributed by atoms with Crippen LogP contribution >= 0.6 is 0 Å². The van der Waals surface area contributed by atoms with Crippen molar-refractivity contribution < 1.29 is 14.3 Å². The predicted octanol–water partition coefficient (Wildman–Crippen LogP) is 2.13. The number of hydrogen-bond donors (Lipinski definition) is 1. The van der Waals surface area contributed by atoms with Gasteiger partial charge in [0.15, 0.2) is 6.61 Å². The third kappa shape index (κ3) is 5.66. The number of anilines is 1. The molecular formula is C19H29N3O3. The van der Waals surface area contributed by atoms with E-state index >= 15 is 0 Å². The number of piperidine rings is 1. The Hall–Kier alpha value is -2.24. The van der Waals surface area contributed by atoms with Crippen LogP contribution in [0.1, 0.15) is 25.3 Å². The number of carbonyl (C=O) groups is 2. The van der Waals surface area contributed by atoms with Crippen molar-refractivity contribution in [3.8, 4) is 5.75 Å². The zero-order valence-electron chi connectivity index (χ0n) is 15.7. The zero-order chi connectivity index (χ0) is 18.4. The van der Waals surface area contributed by atoms with Crippen LogP contribution in [-0.2, 0) is 9.59 Å². The first-order chi connectivity index (χ1) is 11.9. The highest BCUT2D eigenvalue weighted by Gasteiger charge is 2.20. The first-order valence-electron chi connectivity index (χ1n) is 8.82. The number of nitrogens with one attached hydrogen (secondary N) is 1. The molecule has 0 bridgehead atoms. The van der Waals surface area contributed by atoms with E-state index in [9.17, 15) is 9.59 Å². The number of hydrogen-bond acceptors (Lipinski definition) is 4. The topological polar surface area (TPSA) is 61.9 Å². The molecule has 0 aliphatic carbocycles. The van der Waals surface area contributed by atoms with Crippen LogP contribution in [0.25, 0.3) is 0 Å². The largest absolute Gasteiger partial charge is 0.482 e. The molecule has 1 saturated heterocycles. The van der Waals surface area contributed by atoms with Crippen molar-refractivity contribution in [3.63, 3.8) is 0 Å². The second-order valence-electron chi connectivity index (χ2n) is 7.02. The molecule has 0 aromatic heterocycles. The Labute approximate surface area is 150 Å². The van der Waals surface area contributed by atoms with E-state index in [4.69, 9.17) is 4.74 Å². The van der Waals surface area contributed by atoms with Crippen molar-refractivity contribution in [1.29, 1.82) is 0 Å². The Morgan fingerprint density at radius 1 is 1.36 bits per heavy atom. The van der Waals surface area contributed by atoms with Gasteiger partial charge in [-0.25, -0.2) is 0 Å². The van der Waals surface area contributed by atoms with Crippen molar-refractivity contribution >= 4 is 17.5 Å². The van der Waals surface area contributed by atoms with Crippen LogP contribution in [0.4, 0.5) is 5.69 Å². The number of nitrogens with zero attached hydrogens (tertiary/aromatic N) is 2. The van der Waals surface area contributed by atoms with Crippen LogP contribution in [0, 0.1) is 12.8 Å². The van der Waals surface area contributed by atoms with Gasteiger partial charge in [0, 0.05) is 27.2 Å². The minimum Gasteiger partial charge on any atom is -0.482 e. The summed E-state index contributed by atoms with van der Waals surface area (Å²) in [7, 11) is 3.39. The monoisotopic (exact) mass is 347 g/mol. The van der Waals surface area contributed by atoms with Gasteiger partial charge in [0.2, 0.25) is 5.91 Å². The molecule has 1 aromatic carbocycles. The number of aryl methyl sites for hydroxylation is 1. The summed E-state index contributed by atoms with van der Waals surface area (Å²) in [5.74, 6) is 1.15. The van der Waals surface area contributed by atoms with E-state index in [2.05, 4.69) is 12.2 Å². The molecule has 1 N–H and O–H groups in total.